The van der Waals surface area contributed by atoms with E-state index in [4.69, 9.17) is 4.74 Å². The summed E-state index contributed by atoms with van der Waals surface area (Å²) < 4.78 is 18.7. The summed E-state index contributed by atoms with van der Waals surface area (Å²) in [5, 5.41) is 15.5. The van der Waals surface area contributed by atoms with E-state index in [1.807, 2.05) is 0 Å². The molecular formula is C20H20FN3O6. The standard InChI is InChI=1S/C20H20FN3O6/c1-12(2)18(23-19(26)15-5-3-4-6-16(15)21)20(27)30-11-17(25)22-13-7-9-14(10-8-13)24(28)29/h3-10,12,18H,11H2,1-2H3,(H,22,25)(H,23,26). The number of amides is 2. The quantitative estimate of drug-likeness (QED) is 0.386. The molecule has 0 radical (unpaired) electrons. The number of carbonyl (C=O) groups is 3. The van der Waals surface area contributed by atoms with Crippen molar-refractivity contribution in [1.29, 1.82) is 0 Å². The first-order valence-electron chi connectivity index (χ1n) is 8.95. The number of nitro groups is 1. The minimum absolute atomic E-state index is 0.134. The number of hydrogen-bond acceptors (Lipinski definition) is 6. The van der Waals surface area contributed by atoms with Crippen LogP contribution in [-0.4, -0.2) is 35.4 Å². The Bertz CT molecular complexity index is 946. The van der Waals surface area contributed by atoms with Crippen LogP contribution in [0.15, 0.2) is 48.5 Å². The number of ether oxygens (including phenoxy) is 1. The van der Waals surface area contributed by atoms with Crippen LogP contribution < -0.4 is 10.6 Å². The van der Waals surface area contributed by atoms with E-state index < -0.39 is 41.2 Å². The number of rotatable bonds is 8. The predicted octanol–water partition coefficient (Wildman–Crippen LogP) is 2.67. The Morgan fingerprint density at radius 3 is 2.30 bits per heavy atom. The molecule has 2 amide bonds. The minimum atomic E-state index is -1.09. The van der Waals surface area contributed by atoms with Gasteiger partial charge in [-0.05, 0) is 30.2 Å². The average molecular weight is 417 g/mol. The molecule has 0 heterocycles. The minimum Gasteiger partial charge on any atom is -0.454 e. The number of anilines is 1. The fourth-order valence-corrected chi connectivity index (χ4v) is 2.45. The first kappa shape index (κ1) is 22.5. The number of benzene rings is 2. The molecule has 2 aromatic rings. The van der Waals surface area contributed by atoms with Gasteiger partial charge in [0.15, 0.2) is 6.61 Å². The van der Waals surface area contributed by atoms with Crippen molar-refractivity contribution in [3.8, 4) is 0 Å². The monoisotopic (exact) mass is 417 g/mol. The number of carbonyl (C=O) groups excluding carboxylic acids is 3. The van der Waals surface area contributed by atoms with Gasteiger partial charge >= 0.3 is 5.97 Å². The number of nitro benzene ring substituents is 1. The highest BCUT2D eigenvalue weighted by Crippen LogP contribution is 2.15. The first-order valence-corrected chi connectivity index (χ1v) is 8.95. The van der Waals surface area contributed by atoms with Gasteiger partial charge in [0.2, 0.25) is 0 Å². The second-order valence-electron chi connectivity index (χ2n) is 6.63. The molecule has 10 heteroatoms. The molecule has 2 N–H and O–H groups in total. The van der Waals surface area contributed by atoms with Crippen LogP contribution in [0.4, 0.5) is 15.8 Å². The lowest BCUT2D eigenvalue weighted by atomic mass is 10.0. The van der Waals surface area contributed by atoms with E-state index in [2.05, 4.69) is 10.6 Å². The van der Waals surface area contributed by atoms with Gasteiger partial charge in [0, 0.05) is 17.8 Å². The van der Waals surface area contributed by atoms with Crippen LogP contribution in [-0.2, 0) is 14.3 Å². The maximum atomic E-state index is 13.8. The normalized spacial score (nSPS) is 11.5. The van der Waals surface area contributed by atoms with Crippen LogP contribution in [0.3, 0.4) is 0 Å². The first-order chi connectivity index (χ1) is 14.2. The highest BCUT2D eigenvalue weighted by atomic mass is 19.1. The highest BCUT2D eigenvalue weighted by Gasteiger charge is 2.27. The molecule has 0 aliphatic rings. The Labute approximate surface area is 171 Å². The van der Waals surface area contributed by atoms with Crippen molar-refractivity contribution in [2.24, 2.45) is 5.92 Å². The Morgan fingerprint density at radius 2 is 1.73 bits per heavy atom. The molecule has 2 aromatic carbocycles. The van der Waals surface area contributed by atoms with Gasteiger partial charge < -0.3 is 15.4 Å². The number of nitrogens with one attached hydrogen (secondary N) is 2. The Hall–Kier alpha value is -3.82. The molecule has 2 rings (SSSR count). The molecule has 158 valence electrons. The van der Waals surface area contributed by atoms with Crippen molar-refractivity contribution in [2.45, 2.75) is 19.9 Å². The summed E-state index contributed by atoms with van der Waals surface area (Å²) in [5.41, 5.74) is -0.0634. The fraction of sp³-hybridized carbons (Fsp3) is 0.250. The second-order valence-corrected chi connectivity index (χ2v) is 6.63. The van der Waals surface area contributed by atoms with Gasteiger partial charge in [0.05, 0.1) is 10.5 Å². The van der Waals surface area contributed by atoms with Crippen LogP contribution in [0, 0.1) is 21.8 Å². The molecule has 9 nitrogen and oxygen atoms in total. The van der Waals surface area contributed by atoms with Crippen molar-refractivity contribution in [3.63, 3.8) is 0 Å². The lowest BCUT2D eigenvalue weighted by Crippen LogP contribution is -2.46. The van der Waals surface area contributed by atoms with Crippen LogP contribution in [0.2, 0.25) is 0 Å². The summed E-state index contributed by atoms with van der Waals surface area (Å²) in [5.74, 6) is -3.41. The van der Waals surface area contributed by atoms with E-state index >= 15 is 0 Å². The molecule has 30 heavy (non-hydrogen) atoms. The SMILES string of the molecule is CC(C)C(NC(=O)c1ccccc1F)C(=O)OCC(=O)Nc1ccc([N+](=O)[O-])cc1. The van der Waals surface area contributed by atoms with E-state index in [0.29, 0.717) is 0 Å². The maximum Gasteiger partial charge on any atom is 0.329 e. The van der Waals surface area contributed by atoms with E-state index in [9.17, 15) is 28.9 Å². The summed E-state index contributed by atoms with van der Waals surface area (Å²) in [6.45, 7) is 2.68. The number of nitrogens with zero attached hydrogens (tertiary/aromatic N) is 1. The van der Waals surface area contributed by atoms with Gasteiger partial charge in [-0.25, -0.2) is 9.18 Å². The number of halogens is 1. The Morgan fingerprint density at radius 1 is 1.10 bits per heavy atom. The van der Waals surface area contributed by atoms with E-state index in [0.717, 1.165) is 6.07 Å². The van der Waals surface area contributed by atoms with Gasteiger partial charge in [-0.3, -0.25) is 19.7 Å². The highest BCUT2D eigenvalue weighted by molar-refractivity contribution is 5.97. The topological polar surface area (TPSA) is 128 Å². The number of hydrogen-bond donors (Lipinski definition) is 2. The molecule has 0 saturated carbocycles. The van der Waals surface area contributed by atoms with Gasteiger partial charge in [-0.2, -0.15) is 0 Å². The van der Waals surface area contributed by atoms with Gasteiger partial charge in [0.25, 0.3) is 17.5 Å². The molecule has 0 aliphatic heterocycles. The molecule has 0 fully saturated rings. The second kappa shape index (κ2) is 10.1. The number of non-ortho nitro benzene ring substituents is 1. The van der Waals surface area contributed by atoms with E-state index in [1.165, 1.54) is 42.5 Å². The average Bonchev–Trinajstić information content (AvgIpc) is 2.70. The zero-order valence-corrected chi connectivity index (χ0v) is 16.3. The molecule has 0 aliphatic carbocycles. The van der Waals surface area contributed by atoms with E-state index in [1.54, 1.807) is 13.8 Å². The smallest absolute Gasteiger partial charge is 0.329 e. The molecule has 1 atom stereocenters. The third kappa shape index (κ3) is 6.09. The summed E-state index contributed by atoms with van der Waals surface area (Å²) in [4.78, 5) is 46.6. The third-order valence-corrected chi connectivity index (χ3v) is 4.03. The largest absolute Gasteiger partial charge is 0.454 e. The van der Waals surface area contributed by atoms with Crippen LogP contribution >= 0.6 is 0 Å². The van der Waals surface area contributed by atoms with Gasteiger partial charge in [0.1, 0.15) is 11.9 Å². The van der Waals surface area contributed by atoms with Crippen LogP contribution in [0.25, 0.3) is 0 Å². The summed E-state index contributed by atoms with van der Waals surface area (Å²) in [6, 6.07) is 9.35. The van der Waals surface area contributed by atoms with Crippen molar-refractivity contribution in [1.82, 2.24) is 5.32 Å². The predicted molar refractivity (Wildman–Crippen MR) is 105 cm³/mol. The molecule has 0 aromatic heterocycles. The van der Waals surface area contributed by atoms with Crippen LogP contribution in [0.5, 0.6) is 0 Å². The molecule has 0 bridgehead atoms. The third-order valence-electron chi connectivity index (χ3n) is 4.03. The van der Waals surface area contributed by atoms with Crippen molar-refractivity contribution in [2.75, 3.05) is 11.9 Å². The fourth-order valence-electron chi connectivity index (χ4n) is 2.45. The molecular weight excluding hydrogens is 397 g/mol. The molecule has 0 spiro atoms. The summed E-state index contributed by atoms with van der Waals surface area (Å²) >= 11 is 0. The van der Waals surface area contributed by atoms with Gasteiger partial charge in [-0.15, -0.1) is 0 Å². The lowest BCUT2D eigenvalue weighted by molar-refractivity contribution is -0.384. The Balaban J connectivity index is 1.93. The molecule has 1 unspecified atom stereocenters. The Kier molecular flexibility index (Phi) is 7.56. The molecule has 0 saturated heterocycles. The zero-order valence-electron chi connectivity index (χ0n) is 16.3. The van der Waals surface area contributed by atoms with E-state index in [-0.39, 0.29) is 22.9 Å². The zero-order chi connectivity index (χ0) is 22.3. The number of esters is 1. The van der Waals surface area contributed by atoms with Crippen molar-refractivity contribution < 1.29 is 28.4 Å². The van der Waals surface area contributed by atoms with Crippen molar-refractivity contribution in [3.05, 3.63) is 70.0 Å². The van der Waals surface area contributed by atoms with Crippen molar-refractivity contribution >= 4 is 29.2 Å². The van der Waals surface area contributed by atoms with Crippen LogP contribution in [0.1, 0.15) is 24.2 Å². The lowest BCUT2D eigenvalue weighted by Gasteiger charge is -2.21. The summed E-state index contributed by atoms with van der Waals surface area (Å²) in [6.07, 6.45) is 0. The van der Waals surface area contributed by atoms with Gasteiger partial charge in [-0.1, -0.05) is 26.0 Å². The summed E-state index contributed by atoms with van der Waals surface area (Å²) in [7, 11) is 0. The maximum absolute atomic E-state index is 13.8.